The monoisotopic (exact) mass is 141 g/mol. The highest BCUT2D eigenvalue weighted by molar-refractivity contribution is 6.43. The molecule has 0 bridgehead atoms. The number of ketones is 1. The average Bonchev–Trinajstić information content (AvgIpc) is 2.10. The van der Waals surface area contributed by atoms with E-state index in [4.69, 9.17) is 5.21 Å². The van der Waals surface area contributed by atoms with E-state index < -0.39 is 0 Å². The molecule has 0 aliphatic heterocycles. The van der Waals surface area contributed by atoms with Crippen LogP contribution in [-0.4, -0.2) is 16.7 Å². The van der Waals surface area contributed by atoms with Gasteiger partial charge in [0.1, 0.15) is 5.71 Å². The molecule has 56 valence electrons. The highest BCUT2D eigenvalue weighted by Crippen LogP contribution is 2.31. The van der Waals surface area contributed by atoms with E-state index in [1.54, 1.807) is 0 Å². The van der Waals surface area contributed by atoms with Gasteiger partial charge in [-0.25, -0.2) is 0 Å². The topological polar surface area (TPSA) is 49.7 Å². The molecular weight excluding hydrogens is 130 g/mol. The first-order valence-corrected chi connectivity index (χ1v) is 3.33. The summed E-state index contributed by atoms with van der Waals surface area (Å²) in [4.78, 5) is 11.2. The molecule has 1 aliphatic carbocycles. The van der Waals surface area contributed by atoms with Crippen LogP contribution in [0.25, 0.3) is 0 Å². The highest BCUT2D eigenvalue weighted by Gasteiger charge is 2.37. The number of hydrogen-bond donors (Lipinski definition) is 1. The van der Waals surface area contributed by atoms with Gasteiger partial charge in [0.25, 0.3) is 0 Å². The third-order valence-electron chi connectivity index (χ3n) is 1.98. The molecule has 0 aromatic rings. The summed E-state index contributed by atoms with van der Waals surface area (Å²) in [6, 6.07) is 0. The molecule has 3 nitrogen and oxygen atoms in total. The number of oxime groups is 1. The van der Waals surface area contributed by atoms with Crippen LogP contribution in [0, 0.1) is 5.41 Å². The van der Waals surface area contributed by atoms with Crippen LogP contribution in [0.1, 0.15) is 26.7 Å². The van der Waals surface area contributed by atoms with E-state index >= 15 is 0 Å². The number of Topliss-reactive ketones (excluding diaryl/α,β-unsaturated/α-hetero) is 1. The summed E-state index contributed by atoms with van der Waals surface area (Å²) < 4.78 is 0. The minimum Gasteiger partial charge on any atom is -0.411 e. The molecule has 0 spiro atoms. The van der Waals surface area contributed by atoms with Crippen LogP contribution in [0.2, 0.25) is 0 Å². The minimum absolute atomic E-state index is 0.0185. The van der Waals surface area contributed by atoms with Crippen LogP contribution in [0.4, 0.5) is 0 Å². The molecule has 0 amide bonds. The van der Waals surface area contributed by atoms with Crippen LogP contribution >= 0.6 is 0 Å². The SMILES string of the molecule is CC1(C)CC/C(=N/O)C1=O. The molecule has 0 aromatic carbocycles. The lowest BCUT2D eigenvalue weighted by Crippen LogP contribution is -2.21. The van der Waals surface area contributed by atoms with Crippen LogP contribution < -0.4 is 0 Å². The number of nitrogens with zero attached hydrogens (tertiary/aromatic N) is 1. The predicted octanol–water partition coefficient (Wildman–Crippen LogP) is 1.21. The summed E-state index contributed by atoms with van der Waals surface area (Å²) >= 11 is 0. The van der Waals surface area contributed by atoms with Crippen molar-refractivity contribution in [1.29, 1.82) is 0 Å². The van der Waals surface area contributed by atoms with Crippen LogP contribution in [0.5, 0.6) is 0 Å². The van der Waals surface area contributed by atoms with Gasteiger partial charge in [0, 0.05) is 5.41 Å². The Balaban J connectivity index is 2.88. The Labute approximate surface area is 59.7 Å². The zero-order valence-corrected chi connectivity index (χ0v) is 6.22. The second-order valence-electron chi connectivity index (χ2n) is 3.26. The summed E-state index contributed by atoms with van der Waals surface area (Å²) in [6.07, 6.45) is 1.41. The van der Waals surface area contributed by atoms with Crippen molar-refractivity contribution in [1.82, 2.24) is 0 Å². The van der Waals surface area contributed by atoms with Gasteiger partial charge in [0.2, 0.25) is 0 Å². The number of carbonyl (C=O) groups is 1. The van der Waals surface area contributed by atoms with Gasteiger partial charge in [-0.1, -0.05) is 19.0 Å². The molecule has 0 heterocycles. The van der Waals surface area contributed by atoms with Gasteiger partial charge in [-0.15, -0.1) is 0 Å². The molecule has 1 N–H and O–H groups in total. The number of carbonyl (C=O) groups excluding carboxylic acids is 1. The van der Waals surface area contributed by atoms with E-state index in [1.165, 1.54) is 0 Å². The van der Waals surface area contributed by atoms with Gasteiger partial charge in [-0.3, -0.25) is 4.79 Å². The molecule has 1 rings (SSSR count). The van der Waals surface area contributed by atoms with E-state index in [0.717, 1.165) is 6.42 Å². The average molecular weight is 141 g/mol. The first-order chi connectivity index (χ1) is 4.58. The van der Waals surface area contributed by atoms with Crippen molar-refractivity contribution in [2.24, 2.45) is 10.6 Å². The van der Waals surface area contributed by atoms with Crippen molar-refractivity contribution in [2.75, 3.05) is 0 Å². The molecule has 1 fully saturated rings. The molecule has 0 atom stereocenters. The maximum absolute atomic E-state index is 11.2. The smallest absolute Gasteiger partial charge is 0.185 e. The largest absolute Gasteiger partial charge is 0.411 e. The van der Waals surface area contributed by atoms with Gasteiger partial charge >= 0.3 is 0 Å². The van der Waals surface area contributed by atoms with Gasteiger partial charge in [-0.2, -0.15) is 0 Å². The summed E-state index contributed by atoms with van der Waals surface area (Å²) in [5, 5.41) is 11.3. The normalized spacial score (nSPS) is 27.8. The molecular formula is C7H11NO2. The fourth-order valence-electron chi connectivity index (χ4n) is 1.14. The van der Waals surface area contributed by atoms with Crippen LogP contribution in [0.15, 0.2) is 5.16 Å². The Morgan fingerprint density at radius 2 is 2.20 bits per heavy atom. The lowest BCUT2D eigenvalue weighted by Gasteiger charge is -2.11. The van der Waals surface area contributed by atoms with Crippen molar-refractivity contribution >= 4 is 11.5 Å². The van der Waals surface area contributed by atoms with Gasteiger partial charge in [-0.05, 0) is 12.8 Å². The second kappa shape index (κ2) is 2.08. The molecule has 0 saturated heterocycles. The predicted molar refractivity (Wildman–Crippen MR) is 37.2 cm³/mol. The first kappa shape index (κ1) is 7.25. The van der Waals surface area contributed by atoms with Crippen molar-refractivity contribution in [3.8, 4) is 0 Å². The van der Waals surface area contributed by atoms with Gasteiger partial charge in [0.05, 0.1) is 0 Å². The third kappa shape index (κ3) is 0.916. The Kier molecular flexibility index (Phi) is 1.50. The maximum Gasteiger partial charge on any atom is 0.185 e. The lowest BCUT2D eigenvalue weighted by atomic mass is 9.91. The van der Waals surface area contributed by atoms with Crippen LogP contribution in [0.3, 0.4) is 0 Å². The minimum atomic E-state index is -0.304. The Hall–Kier alpha value is -0.860. The fraction of sp³-hybridized carbons (Fsp3) is 0.714. The van der Waals surface area contributed by atoms with E-state index in [9.17, 15) is 4.79 Å². The van der Waals surface area contributed by atoms with E-state index in [-0.39, 0.29) is 11.2 Å². The molecule has 1 saturated carbocycles. The summed E-state index contributed by atoms with van der Waals surface area (Å²) in [5.41, 5.74) is 0.0201. The van der Waals surface area contributed by atoms with Crippen molar-refractivity contribution < 1.29 is 10.0 Å². The lowest BCUT2D eigenvalue weighted by molar-refractivity contribution is -0.119. The highest BCUT2D eigenvalue weighted by atomic mass is 16.4. The van der Waals surface area contributed by atoms with E-state index in [2.05, 4.69) is 5.16 Å². The zero-order valence-electron chi connectivity index (χ0n) is 6.22. The summed E-state index contributed by atoms with van der Waals surface area (Å²) in [6.45, 7) is 3.74. The second-order valence-corrected chi connectivity index (χ2v) is 3.26. The van der Waals surface area contributed by atoms with Crippen molar-refractivity contribution in [3.05, 3.63) is 0 Å². The van der Waals surface area contributed by atoms with Gasteiger partial charge in [0.15, 0.2) is 5.78 Å². The van der Waals surface area contributed by atoms with E-state index in [0.29, 0.717) is 12.1 Å². The molecule has 0 unspecified atom stereocenters. The Bertz CT molecular complexity index is 194. The molecule has 0 aromatic heterocycles. The van der Waals surface area contributed by atoms with Crippen LogP contribution in [-0.2, 0) is 4.79 Å². The Morgan fingerprint density at radius 1 is 1.60 bits per heavy atom. The van der Waals surface area contributed by atoms with Crippen molar-refractivity contribution in [3.63, 3.8) is 0 Å². The van der Waals surface area contributed by atoms with Gasteiger partial charge < -0.3 is 5.21 Å². The molecule has 3 heteroatoms. The fourth-order valence-corrected chi connectivity index (χ4v) is 1.14. The number of rotatable bonds is 0. The third-order valence-corrected chi connectivity index (χ3v) is 1.98. The van der Waals surface area contributed by atoms with E-state index in [1.807, 2.05) is 13.8 Å². The summed E-state index contributed by atoms with van der Waals surface area (Å²) in [5.74, 6) is -0.0185. The molecule has 10 heavy (non-hydrogen) atoms. The first-order valence-electron chi connectivity index (χ1n) is 3.33. The quantitative estimate of drug-likeness (QED) is 0.407. The molecule has 0 radical (unpaired) electrons. The molecule has 1 aliphatic rings. The van der Waals surface area contributed by atoms with Crippen molar-refractivity contribution in [2.45, 2.75) is 26.7 Å². The summed E-state index contributed by atoms with van der Waals surface area (Å²) in [7, 11) is 0. The number of hydrogen-bond acceptors (Lipinski definition) is 3. The zero-order chi connectivity index (χ0) is 7.78. The standard InChI is InChI=1S/C7H11NO2/c1-7(2)4-3-5(8-10)6(7)9/h10H,3-4H2,1-2H3/b8-5-. The maximum atomic E-state index is 11.2. The Morgan fingerprint density at radius 3 is 2.40 bits per heavy atom.